The van der Waals surface area contributed by atoms with Gasteiger partial charge in [-0.3, -0.25) is 4.79 Å². The van der Waals surface area contributed by atoms with E-state index in [1.165, 1.54) is 19.2 Å². The second-order valence-corrected chi connectivity index (χ2v) is 5.00. The average Bonchev–Trinajstić information content (AvgIpc) is 2.43. The first kappa shape index (κ1) is 15.5. The summed E-state index contributed by atoms with van der Waals surface area (Å²) in [6.45, 7) is 0. The highest BCUT2D eigenvalue weighted by molar-refractivity contribution is 7.98. The fraction of sp³-hybridized carbons (Fsp3) is 0.385. The van der Waals surface area contributed by atoms with Crippen LogP contribution in [0.4, 0.5) is 4.39 Å². The molecule has 0 amide bonds. The molecule has 0 saturated heterocycles. The number of thioether (sulfide) groups is 1. The first-order chi connectivity index (χ1) is 9.08. The summed E-state index contributed by atoms with van der Waals surface area (Å²) in [6, 6.07) is 5.65. The number of nitrogens with zero attached hydrogens (tertiary/aromatic N) is 1. The average molecular weight is 282 g/mol. The molecule has 102 valence electrons. The smallest absolute Gasteiger partial charge is 0.322 e. The number of hydrogen-bond donors (Lipinski definition) is 1. The van der Waals surface area contributed by atoms with Crippen molar-refractivity contribution < 1.29 is 13.9 Å². The van der Waals surface area contributed by atoms with Crippen molar-refractivity contribution in [3.05, 3.63) is 35.1 Å². The van der Waals surface area contributed by atoms with Crippen molar-refractivity contribution in [1.29, 1.82) is 5.26 Å². The van der Waals surface area contributed by atoms with E-state index in [0.717, 1.165) is 5.56 Å². The predicted octanol–water partition coefficient (Wildman–Crippen LogP) is 1.82. The number of carbonyl (C=O) groups is 1. The highest BCUT2D eigenvalue weighted by atomic mass is 32.2. The number of esters is 1. The summed E-state index contributed by atoms with van der Waals surface area (Å²) >= 11 is 1.57. The Morgan fingerprint density at radius 3 is 3.00 bits per heavy atom. The van der Waals surface area contributed by atoms with Gasteiger partial charge in [0.05, 0.1) is 12.7 Å². The van der Waals surface area contributed by atoms with Crippen LogP contribution in [0.25, 0.3) is 0 Å². The number of carbonyl (C=O) groups excluding carboxylic acids is 1. The molecule has 0 radical (unpaired) electrons. The molecule has 1 aromatic carbocycles. The molecule has 1 unspecified atom stereocenters. The van der Waals surface area contributed by atoms with Gasteiger partial charge in [-0.15, -0.1) is 0 Å². The molecule has 0 aromatic heterocycles. The second-order valence-electron chi connectivity index (χ2n) is 3.90. The molecule has 0 aliphatic rings. The van der Waals surface area contributed by atoms with Gasteiger partial charge in [-0.1, -0.05) is 6.07 Å². The van der Waals surface area contributed by atoms with E-state index in [1.807, 2.05) is 0 Å². The largest absolute Gasteiger partial charge is 0.468 e. The first-order valence-electron chi connectivity index (χ1n) is 5.68. The molecule has 1 rings (SSSR count). The van der Waals surface area contributed by atoms with Crippen LogP contribution in [0, 0.1) is 17.1 Å². The van der Waals surface area contributed by atoms with E-state index in [4.69, 9.17) is 11.0 Å². The van der Waals surface area contributed by atoms with E-state index in [0.29, 0.717) is 17.9 Å². The summed E-state index contributed by atoms with van der Waals surface area (Å²) in [4.78, 5) is 11.1. The number of methoxy groups -OCH3 is 1. The normalized spacial score (nSPS) is 11.7. The van der Waals surface area contributed by atoms with Crippen LogP contribution in [0.1, 0.15) is 17.5 Å². The molecule has 0 aliphatic heterocycles. The van der Waals surface area contributed by atoms with Gasteiger partial charge in [-0.2, -0.15) is 17.0 Å². The minimum absolute atomic E-state index is 0.0457. The lowest BCUT2D eigenvalue weighted by Crippen LogP contribution is -2.31. The zero-order chi connectivity index (χ0) is 14.3. The SMILES string of the molecule is COC(=O)C(N)CCSCc1ccc(F)c(C#N)c1. The molecule has 0 bridgehead atoms. The van der Waals surface area contributed by atoms with Crippen LogP contribution < -0.4 is 5.73 Å². The van der Waals surface area contributed by atoms with Gasteiger partial charge in [0.2, 0.25) is 0 Å². The van der Waals surface area contributed by atoms with Gasteiger partial charge in [0.25, 0.3) is 0 Å². The molecule has 0 heterocycles. The maximum Gasteiger partial charge on any atom is 0.322 e. The third-order valence-corrected chi connectivity index (χ3v) is 3.56. The Balaban J connectivity index is 2.38. The molecule has 0 aliphatic carbocycles. The monoisotopic (exact) mass is 282 g/mol. The van der Waals surface area contributed by atoms with Crippen molar-refractivity contribution >= 4 is 17.7 Å². The maximum absolute atomic E-state index is 13.1. The molecule has 1 aromatic rings. The van der Waals surface area contributed by atoms with E-state index in [9.17, 15) is 9.18 Å². The quantitative estimate of drug-likeness (QED) is 0.636. The zero-order valence-corrected chi connectivity index (χ0v) is 11.4. The summed E-state index contributed by atoms with van der Waals surface area (Å²) in [5, 5.41) is 8.71. The standard InChI is InChI=1S/C13H15FN2O2S/c1-18-13(17)12(16)4-5-19-8-9-2-3-11(14)10(6-9)7-15/h2-3,6,12H,4-5,8,16H2,1H3. The lowest BCUT2D eigenvalue weighted by molar-refractivity contribution is -0.142. The van der Waals surface area contributed by atoms with Crippen molar-refractivity contribution in [2.45, 2.75) is 18.2 Å². The van der Waals surface area contributed by atoms with Crippen molar-refractivity contribution in [2.24, 2.45) is 5.73 Å². The van der Waals surface area contributed by atoms with Crippen molar-refractivity contribution in [3.8, 4) is 6.07 Å². The highest BCUT2D eigenvalue weighted by Gasteiger charge is 2.12. The Hall–Kier alpha value is -1.58. The molecule has 6 heteroatoms. The summed E-state index contributed by atoms with van der Waals surface area (Å²) in [5.74, 6) is 0.399. The summed E-state index contributed by atoms with van der Waals surface area (Å²) in [5.41, 5.74) is 6.51. The second kappa shape index (κ2) is 7.77. The molecular weight excluding hydrogens is 267 g/mol. The minimum atomic E-state index is -0.611. The Morgan fingerprint density at radius 1 is 1.63 bits per heavy atom. The van der Waals surface area contributed by atoms with Crippen molar-refractivity contribution in [2.75, 3.05) is 12.9 Å². The van der Waals surface area contributed by atoms with Crippen LogP contribution in [0.3, 0.4) is 0 Å². The van der Waals surface area contributed by atoms with Crippen molar-refractivity contribution in [3.63, 3.8) is 0 Å². The van der Waals surface area contributed by atoms with E-state index in [2.05, 4.69) is 4.74 Å². The number of nitrogens with two attached hydrogens (primary N) is 1. The molecule has 0 spiro atoms. The van der Waals surface area contributed by atoms with Crippen LogP contribution in [-0.2, 0) is 15.3 Å². The Morgan fingerprint density at radius 2 is 2.37 bits per heavy atom. The topological polar surface area (TPSA) is 76.1 Å². The number of nitriles is 1. The lowest BCUT2D eigenvalue weighted by atomic mass is 10.1. The number of hydrogen-bond acceptors (Lipinski definition) is 5. The first-order valence-corrected chi connectivity index (χ1v) is 6.83. The summed E-state index contributed by atoms with van der Waals surface area (Å²) in [7, 11) is 1.30. The minimum Gasteiger partial charge on any atom is -0.468 e. The van der Waals surface area contributed by atoms with Gasteiger partial charge in [-0.25, -0.2) is 4.39 Å². The Bertz CT molecular complexity index is 488. The van der Waals surface area contributed by atoms with Crippen molar-refractivity contribution in [1.82, 2.24) is 0 Å². The van der Waals surface area contributed by atoms with Crippen LogP contribution in [-0.4, -0.2) is 24.9 Å². The number of rotatable bonds is 6. The van der Waals surface area contributed by atoms with Gasteiger partial charge in [-0.05, 0) is 29.9 Å². The molecule has 1 atom stereocenters. The molecular formula is C13H15FN2O2S. The number of halogens is 1. The van der Waals surface area contributed by atoms with Crippen LogP contribution in [0.2, 0.25) is 0 Å². The third-order valence-electron chi connectivity index (χ3n) is 2.50. The van der Waals surface area contributed by atoms with Gasteiger partial charge in [0.1, 0.15) is 17.9 Å². The highest BCUT2D eigenvalue weighted by Crippen LogP contribution is 2.16. The van der Waals surface area contributed by atoms with Gasteiger partial charge < -0.3 is 10.5 Å². The zero-order valence-electron chi connectivity index (χ0n) is 10.6. The molecule has 0 fully saturated rings. The Kier molecular flexibility index (Phi) is 6.33. The maximum atomic E-state index is 13.1. The van der Waals surface area contributed by atoms with E-state index >= 15 is 0 Å². The van der Waals surface area contributed by atoms with Gasteiger partial charge in [0, 0.05) is 5.75 Å². The Labute approximate surface area is 115 Å². The third kappa shape index (κ3) is 4.89. The van der Waals surface area contributed by atoms with Crippen LogP contribution in [0.5, 0.6) is 0 Å². The number of ether oxygens (including phenoxy) is 1. The van der Waals surface area contributed by atoms with Gasteiger partial charge in [0.15, 0.2) is 0 Å². The number of benzene rings is 1. The summed E-state index contributed by atoms with van der Waals surface area (Å²) < 4.78 is 17.6. The fourth-order valence-electron chi connectivity index (χ4n) is 1.42. The van der Waals surface area contributed by atoms with E-state index < -0.39 is 17.8 Å². The van der Waals surface area contributed by atoms with Crippen LogP contribution >= 0.6 is 11.8 Å². The lowest BCUT2D eigenvalue weighted by Gasteiger charge is -2.08. The van der Waals surface area contributed by atoms with Gasteiger partial charge >= 0.3 is 5.97 Å². The van der Waals surface area contributed by atoms with E-state index in [1.54, 1.807) is 23.9 Å². The molecule has 2 N–H and O–H groups in total. The molecule has 4 nitrogen and oxygen atoms in total. The molecule has 19 heavy (non-hydrogen) atoms. The predicted molar refractivity (Wildman–Crippen MR) is 71.9 cm³/mol. The summed E-state index contributed by atoms with van der Waals surface area (Å²) in [6.07, 6.45) is 0.518. The van der Waals surface area contributed by atoms with Crippen LogP contribution in [0.15, 0.2) is 18.2 Å². The van der Waals surface area contributed by atoms with E-state index in [-0.39, 0.29) is 5.56 Å². The molecule has 0 saturated carbocycles. The fourth-order valence-corrected chi connectivity index (χ4v) is 2.40.